The third-order valence-corrected chi connectivity index (χ3v) is 3.72. The molecule has 0 radical (unpaired) electrons. The average molecular weight is 297 g/mol. The van der Waals surface area contributed by atoms with Crippen LogP contribution in [0, 0.1) is 0 Å². The Kier molecular flexibility index (Phi) is 5.45. The maximum absolute atomic E-state index is 3.92. The summed E-state index contributed by atoms with van der Waals surface area (Å²) in [7, 11) is 4.22. The van der Waals surface area contributed by atoms with Crippen LogP contribution in [0.5, 0.6) is 0 Å². The molecule has 0 spiro atoms. The van der Waals surface area contributed by atoms with Crippen LogP contribution in [0.4, 0.5) is 0 Å². The highest BCUT2D eigenvalue weighted by Gasteiger charge is 2.05. The molecule has 1 heterocycles. The Hall–Kier alpha value is -2.00. The lowest BCUT2D eigenvalue weighted by Crippen LogP contribution is -2.14. The Morgan fingerprint density at radius 3 is 2.77 bits per heavy atom. The topological polar surface area (TPSA) is 31.1 Å². The average Bonchev–Trinajstić information content (AvgIpc) is 2.86. The van der Waals surface area contributed by atoms with E-state index in [0.29, 0.717) is 0 Å². The molecule has 0 saturated heterocycles. The summed E-state index contributed by atoms with van der Waals surface area (Å²) >= 11 is 0. The van der Waals surface area contributed by atoms with Crippen LogP contribution in [0.3, 0.4) is 0 Å². The van der Waals surface area contributed by atoms with E-state index in [0.717, 1.165) is 25.1 Å². The molecule has 2 rings (SSSR count). The predicted molar refractivity (Wildman–Crippen MR) is 96.8 cm³/mol. The fraction of sp³-hybridized carbons (Fsp3) is 0.368. The van der Waals surface area contributed by atoms with Gasteiger partial charge in [0.05, 0.1) is 0 Å². The quantitative estimate of drug-likeness (QED) is 0.804. The number of benzene rings is 1. The molecule has 1 aromatic carbocycles. The SMILES string of the molecule is C=C(C)N/C(=C\c1ccc2[nH]cc(CCN(C)C)c2c1)CC. The van der Waals surface area contributed by atoms with Gasteiger partial charge in [0.2, 0.25) is 0 Å². The van der Waals surface area contributed by atoms with E-state index in [1.54, 1.807) is 0 Å². The van der Waals surface area contributed by atoms with Crippen molar-refractivity contribution in [3.63, 3.8) is 0 Å². The third-order valence-electron chi connectivity index (χ3n) is 3.72. The molecule has 0 bridgehead atoms. The van der Waals surface area contributed by atoms with Crippen molar-refractivity contribution in [1.82, 2.24) is 15.2 Å². The number of nitrogens with one attached hydrogen (secondary N) is 2. The van der Waals surface area contributed by atoms with Gasteiger partial charge in [-0.1, -0.05) is 19.6 Å². The molecule has 118 valence electrons. The first-order valence-electron chi connectivity index (χ1n) is 7.87. The summed E-state index contributed by atoms with van der Waals surface area (Å²) in [6, 6.07) is 6.59. The number of H-pyrrole nitrogens is 1. The lowest BCUT2D eigenvalue weighted by atomic mass is 10.1. The number of aromatic nitrogens is 1. The zero-order chi connectivity index (χ0) is 16.1. The highest BCUT2D eigenvalue weighted by atomic mass is 15.0. The van der Waals surface area contributed by atoms with Crippen molar-refractivity contribution in [1.29, 1.82) is 0 Å². The molecule has 2 N–H and O–H groups in total. The number of allylic oxidation sites excluding steroid dienone is 2. The van der Waals surface area contributed by atoms with Crippen LogP contribution < -0.4 is 5.32 Å². The van der Waals surface area contributed by atoms with E-state index >= 15 is 0 Å². The second-order valence-corrected chi connectivity index (χ2v) is 6.10. The van der Waals surface area contributed by atoms with E-state index in [-0.39, 0.29) is 0 Å². The van der Waals surface area contributed by atoms with Crippen LogP contribution in [0.25, 0.3) is 17.0 Å². The number of fused-ring (bicyclic) bond motifs is 1. The summed E-state index contributed by atoms with van der Waals surface area (Å²) in [5.41, 5.74) is 5.98. The first-order valence-corrected chi connectivity index (χ1v) is 7.87. The molecule has 2 aromatic rings. The van der Waals surface area contributed by atoms with E-state index in [4.69, 9.17) is 0 Å². The van der Waals surface area contributed by atoms with Gasteiger partial charge >= 0.3 is 0 Å². The molecular weight excluding hydrogens is 270 g/mol. The number of nitrogens with zero attached hydrogens (tertiary/aromatic N) is 1. The zero-order valence-electron chi connectivity index (χ0n) is 14.2. The minimum absolute atomic E-state index is 0.964. The molecule has 22 heavy (non-hydrogen) atoms. The van der Waals surface area contributed by atoms with Gasteiger partial charge < -0.3 is 15.2 Å². The third kappa shape index (κ3) is 4.25. The number of aromatic amines is 1. The maximum Gasteiger partial charge on any atom is 0.0457 e. The van der Waals surface area contributed by atoms with Gasteiger partial charge in [0.25, 0.3) is 0 Å². The minimum Gasteiger partial charge on any atom is -0.363 e. The Morgan fingerprint density at radius 1 is 1.36 bits per heavy atom. The summed E-state index contributed by atoms with van der Waals surface area (Å²) in [6.07, 6.45) is 6.36. The molecule has 0 aliphatic heterocycles. The smallest absolute Gasteiger partial charge is 0.0457 e. The van der Waals surface area contributed by atoms with Gasteiger partial charge in [0, 0.05) is 35.0 Å². The van der Waals surface area contributed by atoms with Crippen LogP contribution in [0.1, 0.15) is 31.4 Å². The molecule has 3 heteroatoms. The zero-order valence-corrected chi connectivity index (χ0v) is 14.2. The Balaban J connectivity index is 2.30. The second kappa shape index (κ2) is 7.32. The second-order valence-electron chi connectivity index (χ2n) is 6.10. The minimum atomic E-state index is 0.964. The Labute approximate surface area is 133 Å². The van der Waals surface area contributed by atoms with Gasteiger partial charge in [-0.25, -0.2) is 0 Å². The van der Waals surface area contributed by atoms with Crippen LogP contribution in [0.2, 0.25) is 0 Å². The first kappa shape index (κ1) is 16.4. The molecule has 1 aromatic heterocycles. The normalized spacial score (nSPS) is 12.1. The lowest BCUT2D eigenvalue weighted by Gasteiger charge is -2.09. The summed E-state index contributed by atoms with van der Waals surface area (Å²) in [5.74, 6) is 0. The van der Waals surface area contributed by atoms with E-state index in [1.165, 1.54) is 27.7 Å². The van der Waals surface area contributed by atoms with Crippen molar-refractivity contribution >= 4 is 17.0 Å². The van der Waals surface area contributed by atoms with Gasteiger partial charge in [-0.3, -0.25) is 0 Å². The summed E-state index contributed by atoms with van der Waals surface area (Å²) in [5, 5.41) is 4.65. The summed E-state index contributed by atoms with van der Waals surface area (Å²) in [4.78, 5) is 5.59. The van der Waals surface area contributed by atoms with Crippen LogP contribution >= 0.6 is 0 Å². The molecular formula is C19H27N3. The van der Waals surface area contributed by atoms with Gasteiger partial charge in [0.1, 0.15) is 0 Å². The van der Waals surface area contributed by atoms with E-state index in [2.05, 4.69) is 73.3 Å². The van der Waals surface area contributed by atoms with Crippen molar-refractivity contribution in [2.75, 3.05) is 20.6 Å². The van der Waals surface area contributed by atoms with Crippen molar-refractivity contribution in [2.24, 2.45) is 0 Å². The molecule has 0 aliphatic carbocycles. The van der Waals surface area contributed by atoms with E-state index < -0.39 is 0 Å². The molecule has 0 fully saturated rings. The number of rotatable bonds is 7. The van der Waals surface area contributed by atoms with Crippen molar-refractivity contribution < 1.29 is 0 Å². The van der Waals surface area contributed by atoms with Crippen LogP contribution in [-0.4, -0.2) is 30.5 Å². The van der Waals surface area contributed by atoms with E-state index in [9.17, 15) is 0 Å². The highest BCUT2D eigenvalue weighted by molar-refractivity contribution is 5.85. The number of hydrogen-bond acceptors (Lipinski definition) is 2. The molecule has 0 atom stereocenters. The lowest BCUT2D eigenvalue weighted by molar-refractivity contribution is 0.414. The van der Waals surface area contributed by atoms with Crippen molar-refractivity contribution in [3.05, 3.63) is 53.5 Å². The van der Waals surface area contributed by atoms with Crippen molar-refractivity contribution in [2.45, 2.75) is 26.7 Å². The molecule has 0 unspecified atom stereocenters. The molecule has 0 aliphatic rings. The molecule has 0 amide bonds. The first-order chi connectivity index (χ1) is 10.5. The van der Waals surface area contributed by atoms with Gasteiger partial charge in [-0.15, -0.1) is 0 Å². The summed E-state index contributed by atoms with van der Waals surface area (Å²) in [6.45, 7) is 9.12. The fourth-order valence-electron chi connectivity index (χ4n) is 2.54. The Morgan fingerprint density at radius 2 is 2.14 bits per heavy atom. The Bertz CT molecular complexity index is 677. The van der Waals surface area contributed by atoms with Gasteiger partial charge in [-0.2, -0.15) is 0 Å². The standard InChI is InChI=1S/C19H27N3/c1-6-17(21-14(2)3)11-15-7-8-19-18(12-15)16(13-20-19)9-10-22(4)5/h7-8,11-13,20-21H,2,6,9-10H2,1,3-5H3/b17-11-. The number of likely N-dealkylation sites (N-methyl/N-ethyl adjacent to an activating group) is 1. The van der Waals surface area contributed by atoms with Gasteiger partial charge in [-0.05, 0) is 63.2 Å². The number of hydrogen-bond donors (Lipinski definition) is 2. The highest BCUT2D eigenvalue weighted by Crippen LogP contribution is 2.22. The van der Waals surface area contributed by atoms with Gasteiger partial charge in [0.15, 0.2) is 0 Å². The van der Waals surface area contributed by atoms with E-state index in [1.807, 2.05) is 6.92 Å². The van der Waals surface area contributed by atoms with Crippen molar-refractivity contribution in [3.8, 4) is 0 Å². The molecule has 3 nitrogen and oxygen atoms in total. The fourth-order valence-corrected chi connectivity index (χ4v) is 2.54. The largest absolute Gasteiger partial charge is 0.363 e. The monoisotopic (exact) mass is 297 g/mol. The van der Waals surface area contributed by atoms with Crippen LogP contribution in [-0.2, 0) is 6.42 Å². The predicted octanol–water partition coefficient (Wildman–Crippen LogP) is 4.15. The molecule has 0 saturated carbocycles. The van der Waals surface area contributed by atoms with Crippen LogP contribution in [0.15, 0.2) is 42.4 Å². The maximum atomic E-state index is 3.92. The summed E-state index contributed by atoms with van der Waals surface area (Å²) < 4.78 is 0.